The van der Waals surface area contributed by atoms with Gasteiger partial charge in [0.1, 0.15) is 0 Å². The second-order valence-corrected chi connectivity index (χ2v) is 0.167. The number of carbonyl (C=O) groups is 1. The van der Waals surface area contributed by atoms with E-state index in [1.165, 1.54) is 0 Å². The van der Waals surface area contributed by atoms with Crippen LogP contribution in [0.4, 0.5) is 0 Å². The fourth-order valence-electron chi connectivity index (χ4n) is 0. The smallest absolute Gasteiger partial charge is 1.00 e. The summed E-state index contributed by atoms with van der Waals surface area (Å²) in [5, 5.41) is 0. The standard InChI is InChI=1S/C2H3O.Mg.Ta.2H/c1-2-3;;;;/h2H,1H2;;;;/q-1;+2;;2*-1. The van der Waals surface area contributed by atoms with E-state index < -0.39 is 0 Å². The summed E-state index contributed by atoms with van der Waals surface area (Å²) in [4.78, 5) is 8.69. The molecule has 0 atom stereocenters. The molecular formula is C2H5MgOTa-. The number of carbonyl (C=O) groups excluding carboxylic acids is 1. The number of hydrogen-bond donors (Lipinski definition) is 0. The first-order chi connectivity index (χ1) is 1.41. The first-order valence-electron chi connectivity index (χ1n) is 0.644. The number of hydrogen-bond acceptors (Lipinski definition) is 1. The Morgan fingerprint density at radius 2 is 1.80 bits per heavy atom. The summed E-state index contributed by atoms with van der Waals surface area (Å²) in [6, 6.07) is 0. The summed E-state index contributed by atoms with van der Waals surface area (Å²) in [5.41, 5.74) is 0. The largest absolute Gasteiger partial charge is 2.00 e. The molecule has 0 aliphatic carbocycles. The third-order valence-electron chi connectivity index (χ3n) is 0. The van der Waals surface area contributed by atoms with Crippen molar-refractivity contribution in [1.82, 2.24) is 0 Å². The predicted molar refractivity (Wildman–Crippen MR) is 19.4 cm³/mol. The molecule has 0 unspecified atom stereocenters. The minimum atomic E-state index is 0. The van der Waals surface area contributed by atoms with Crippen LogP contribution in [0.25, 0.3) is 0 Å². The van der Waals surface area contributed by atoms with Gasteiger partial charge in [0.15, 0.2) is 0 Å². The van der Waals surface area contributed by atoms with Crippen molar-refractivity contribution in [2.75, 3.05) is 0 Å². The zero-order valence-electron chi connectivity index (χ0n) is 4.85. The van der Waals surface area contributed by atoms with Crippen LogP contribution in [0.5, 0.6) is 0 Å². The van der Waals surface area contributed by atoms with Crippen molar-refractivity contribution in [3.8, 4) is 0 Å². The molecule has 0 aliphatic heterocycles. The van der Waals surface area contributed by atoms with Gasteiger partial charge >= 0.3 is 23.1 Å². The van der Waals surface area contributed by atoms with Crippen LogP contribution in [0.15, 0.2) is 0 Å². The number of rotatable bonds is 0. The van der Waals surface area contributed by atoms with Crippen molar-refractivity contribution >= 4 is 29.3 Å². The average Bonchev–Trinajstić information content (AvgIpc) is 0.918. The normalized spacial score (nSPS) is 2.40. The van der Waals surface area contributed by atoms with Crippen molar-refractivity contribution in [1.29, 1.82) is 0 Å². The summed E-state index contributed by atoms with van der Waals surface area (Å²) in [5.74, 6) is 0. The van der Waals surface area contributed by atoms with E-state index in [-0.39, 0.29) is 48.3 Å². The molecule has 0 aromatic heterocycles. The third kappa shape index (κ3) is 42.8. The molecular weight excluding hydrogens is 245 g/mol. The minimum Gasteiger partial charge on any atom is -1.00 e. The van der Waals surface area contributed by atoms with Gasteiger partial charge in [-0.2, -0.15) is 0 Å². The molecule has 0 aromatic rings. The van der Waals surface area contributed by atoms with Gasteiger partial charge < -0.3 is 14.6 Å². The molecule has 1 radical (unpaired) electrons. The van der Waals surface area contributed by atoms with E-state index in [0.717, 1.165) is 0 Å². The Morgan fingerprint density at radius 1 is 1.80 bits per heavy atom. The molecule has 0 bridgehead atoms. The molecule has 0 amide bonds. The molecule has 0 fully saturated rings. The van der Waals surface area contributed by atoms with Crippen LogP contribution in [0, 0.1) is 6.92 Å². The summed E-state index contributed by atoms with van der Waals surface area (Å²) >= 11 is 0. The van der Waals surface area contributed by atoms with E-state index in [0.29, 0.717) is 6.29 Å². The third-order valence-corrected chi connectivity index (χ3v) is 0. The van der Waals surface area contributed by atoms with Gasteiger partial charge in [0.2, 0.25) is 0 Å². The van der Waals surface area contributed by atoms with Gasteiger partial charge in [-0.3, -0.25) is 0 Å². The van der Waals surface area contributed by atoms with E-state index in [2.05, 4.69) is 6.92 Å². The second kappa shape index (κ2) is 19.7. The van der Waals surface area contributed by atoms with Crippen molar-refractivity contribution < 1.29 is 30.0 Å². The number of aldehydes is 1. The molecule has 0 aromatic carbocycles. The summed E-state index contributed by atoms with van der Waals surface area (Å²) < 4.78 is 0. The predicted octanol–water partition coefficient (Wildman–Crippen LogP) is -0.139. The van der Waals surface area contributed by atoms with E-state index >= 15 is 0 Å². The molecule has 0 aliphatic rings. The maximum atomic E-state index is 8.69. The van der Waals surface area contributed by atoms with Crippen LogP contribution in [-0.4, -0.2) is 29.3 Å². The van der Waals surface area contributed by atoms with Crippen LogP contribution in [0.2, 0.25) is 0 Å². The Morgan fingerprint density at radius 3 is 1.80 bits per heavy atom. The zero-order valence-corrected chi connectivity index (χ0v) is 7.47. The summed E-state index contributed by atoms with van der Waals surface area (Å²) in [6.07, 6.45) is 0.500. The van der Waals surface area contributed by atoms with Crippen molar-refractivity contribution in [3.63, 3.8) is 0 Å². The fraction of sp³-hybridized carbons (Fsp3) is 0. The SMILES string of the molecule is [CH2-]C=O.[H-].[H-].[Mg+2].[Ta]. The maximum absolute atomic E-state index is 8.69. The van der Waals surface area contributed by atoms with Crippen molar-refractivity contribution in [2.45, 2.75) is 0 Å². The van der Waals surface area contributed by atoms with Crippen LogP contribution >= 0.6 is 0 Å². The first kappa shape index (κ1) is 16.6. The van der Waals surface area contributed by atoms with Gasteiger partial charge in [0.25, 0.3) is 0 Å². The first-order valence-corrected chi connectivity index (χ1v) is 0.644. The van der Waals surface area contributed by atoms with Crippen LogP contribution in [-0.2, 0) is 27.2 Å². The Bertz CT molecular complexity index is 23.2. The molecule has 0 rings (SSSR count). The van der Waals surface area contributed by atoms with Gasteiger partial charge in [-0.25, -0.2) is 0 Å². The molecule has 0 heterocycles. The zero-order chi connectivity index (χ0) is 2.71. The van der Waals surface area contributed by atoms with E-state index in [1.807, 2.05) is 0 Å². The Hall–Kier alpha value is 1.05. The molecule has 0 spiro atoms. The topological polar surface area (TPSA) is 17.1 Å². The molecule has 0 N–H and O–H groups in total. The summed E-state index contributed by atoms with van der Waals surface area (Å²) in [7, 11) is 0. The minimum absolute atomic E-state index is 0. The fourth-order valence-corrected chi connectivity index (χ4v) is 0. The van der Waals surface area contributed by atoms with Crippen molar-refractivity contribution in [2.24, 2.45) is 0 Å². The Balaban J connectivity index is -0.00000000333. The van der Waals surface area contributed by atoms with E-state index in [4.69, 9.17) is 4.79 Å². The molecule has 27 valence electrons. The second-order valence-electron chi connectivity index (χ2n) is 0.167. The summed E-state index contributed by atoms with van der Waals surface area (Å²) in [6.45, 7) is 2.81. The molecule has 0 saturated carbocycles. The maximum Gasteiger partial charge on any atom is 2.00 e. The van der Waals surface area contributed by atoms with Crippen LogP contribution in [0.3, 0.4) is 0 Å². The van der Waals surface area contributed by atoms with Crippen LogP contribution < -0.4 is 0 Å². The molecule has 1 nitrogen and oxygen atoms in total. The molecule has 3 heteroatoms. The van der Waals surface area contributed by atoms with Gasteiger partial charge in [0.05, 0.1) is 0 Å². The van der Waals surface area contributed by atoms with Gasteiger partial charge in [0, 0.05) is 22.4 Å². The van der Waals surface area contributed by atoms with Crippen molar-refractivity contribution in [3.05, 3.63) is 6.92 Å². The monoisotopic (exact) mass is 250 g/mol. The van der Waals surface area contributed by atoms with Gasteiger partial charge in [-0.05, 0) is 6.29 Å². The Kier molecular flexibility index (Phi) is 65.5. The van der Waals surface area contributed by atoms with Crippen LogP contribution in [0.1, 0.15) is 2.85 Å². The average molecular weight is 250 g/mol. The Labute approximate surface area is 66.1 Å². The van der Waals surface area contributed by atoms with Gasteiger partial charge in [-0.1, -0.05) is 0 Å². The quantitative estimate of drug-likeness (QED) is 0.332. The molecule has 0 saturated heterocycles. The molecule has 5 heavy (non-hydrogen) atoms. The van der Waals surface area contributed by atoms with E-state index in [9.17, 15) is 0 Å². The van der Waals surface area contributed by atoms with Gasteiger partial charge in [-0.15, -0.1) is 0 Å². The van der Waals surface area contributed by atoms with E-state index in [1.54, 1.807) is 0 Å².